The molecule has 1 amide bonds. The minimum Gasteiger partial charge on any atom is -0.459 e. The summed E-state index contributed by atoms with van der Waals surface area (Å²) >= 11 is 0. The molecule has 3 rings (SSSR count). The number of hydrogen-bond acceptors (Lipinski definition) is 4. The molecular weight excluding hydrogens is 411 g/mol. The minimum atomic E-state index is -4.42. The van der Waals surface area contributed by atoms with Crippen LogP contribution in [0.15, 0.2) is 36.1 Å². The number of nitrogens with one attached hydrogen (secondary N) is 1. The van der Waals surface area contributed by atoms with Gasteiger partial charge in [-0.2, -0.15) is 13.2 Å². The first-order chi connectivity index (χ1) is 14.8. The third-order valence-corrected chi connectivity index (χ3v) is 5.95. The maximum absolute atomic E-state index is 13.0. The predicted molar refractivity (Wildman–Crippen MR) is 109 cm³/mol. The molecular formula is C23H30F3NO4. The summed E-state index contributed by atoms with van der Waals surface area (Å²) in [6.07, 6.45) is 1.58. The highest BCUT2D eigenvalue weighted by molar-refractivity contribution is 5.92. The number of allylic oxidation sites excluding steroid dienone is 1. The van der Waals surface area contributed by atoms with Crippen LogP contribution >= 0.6 is 0 Å². The summed E-state index contributed by atoms with van der Waals surface area (Å²) in [4.78, 5) is 12.8. The molecule has 3 atom stereocenters. The molecule has 1 aromatic carbocycles. The van der Waals surface area contributed by atoms with Crippen LogP contribution in [0.1, 0.15) is 62.5 Å². The number of carbonyl (C=O) groups is 1. The fourth-order valence-electron chi connectivity index (χ4n) is 4.37. The predicted octanol–water partition coefficient (Wildman–Crippen LogP) is 4.51. The molecule has 2 aliphatic rings. The SMILES string of the molecule is CCO[C@H]1OC(C(=O)NC2CCCC2)=C[C@@H](c2ccc(C(F)(F)F)cc2)[C@@H]1CCCO. The topological polar surface area (TPSA) is 67.8 Å². The van der Waals surface area contributed by atoms with Gasteiger partial charge >= 0.3 is 6.18 Å². The van der Waals surface area contributed by atoms with Crippen LogP contribution in [0.4, 0.5) is 13.2 Å². The van der Waals surface area contributed by atoms with Crippen molar-refractivity contribution >= 4 is 5.91 Å². The molecule has 31 heavy (non-hydrogen) atoms. The van der Waals surface area contributed by atoms with E-state index in [9.17, 15) is 23.1 Å². The summed E-state index contributed by atoms with van der Waals surface area (Å²) in [5, 5.41) is 12.3. The molecule has 1 aromatic rings. The molecule has 5 nitrogen and oxygen atoms in total. The van der Waals surface area contributed by atoms with Crippen LogP contribution in [0, 0.1) is 5.92 Å². The third kappa shape index (κ3) is 6.01. The van der Waals surface area contributed by atoms with Crippen LogP contribution in [0.3, 0.4) is 0 Å². The van der Waals surface area contributed by atoms with Crippen molar-refractivity contribution in [3.05, 3.63) is 47.2 Å². The maximum atomic E-state index is 13.0. The fraction of sp³-hybridized carbons (Fsp3) is 0.609. The number of ether oxygens (including phenoxy) is 2. The fourth-order valence-corrected chi connectivity index (χ4v) is 4.37. The van der Waals surface area contributed by atoms with Gasteiger partial charge in [-0.25, -0.2) is 0 Å². The van der Waals surface area contributed by atoms with Gasteiger partial charge in [0.05, 0.1) is 5.56 Å². The highest BCUT2D eigenvalue weighted by Crippen LogP contribution is 2.40. The second-order valence-corrected chi connectivity index (χ2v) is 8.10. The number of rotatable bonds is 8. The Labute approximate surface area is 180 Å². The van der Waals surface area contributed by atoms with Crippen molar-refractivity contribution in [2.45, 2.75) is 69.9 Å². The van der Waals surface area contributed by atoms with Gasteiger partial charge in [0.15, 0.2) is 5.76 Å². The molecule has 0 radical (unpaired) electrons. The average Bonchev–Trinajstić information content (AvgIpc) is 3.25. The van der Waals surface area contributed by atoms with Crippen LogP contribution in [0.5, 0.6) is 0 Å². The van der Waals surface area contributed by atoms with Crippen molar-refractivity contribution in [3.8, 4) is 0 Å². The lowest BCUT2D eigenvalue weighted by atomic mass is 9.80. The Morgan fingerprint density at radius 1 is 1.23 bits per heavy atom. The normalized spacial score (nSPS) is 24.5. The Morgan fingerprint density at radius 2 is 1.90 bits per heavy atom. The number of benzene rings is 1. The van der Waals surface area contributed by atoms with Crippen molar-refractivity contribution in [1.82, 2.24) is 5.32 Å². The Morgan fingerprint density at radius 3 is 2.48 bits per heavy atom. The van der Waals surface area contributed by atoms with E-state index >= 15 is 0 Å². The molecule has 1 aliphatic carbocycles. The molecule has 0 spiro atoms. The van der Waals surface area contributed by atoms with Crippen molar-refractivity contribution in [2.24, 2.45) is 5.92 Å². The molecule has 8 heteroatoms. The van der Waals surface area contributed by atoms with Crippen molar-refractivity contribution < 1.29 is 32.5 Å². The van der Waals surface area contributed by atoms with Crippen LogP contribution in [0.2, 0.25) is 0 Å². The van der Waals surface area contributed by atoms with E-state index in [1.807, 2.05) is 6.92 Å². The minimum absolute atomic E-state index is 0.0200. The number of aliphatic hydroxyl groups is 1. The van der Waals surface area contributed by atoms with Gasteiger partial charge in [-0.15, -0.1) is 0 Å². The van der Waals surface area contributed by atoms with Crippen LogP contribution in [-0.2, 0) is 20.4 Å². The molecule has 2 N–H and O–H groups in total. The van der Waals surface area contributed by atoms with Gasteiger partial charge in [0.25, 0.3) is 5.91 Å². The number of hydrogen-bond donors (Lipinski definition) is 2. The van der Waals surface area contributed by atoms with Gasteiger partial charge in [-0.3, -0.25) is 4.79 Å². The highest BCUT2D eigenvalue weighted by atomic mass is 19.4. The molecule has 1 saturated carbocycles. The number of aliphatic hydroxyl groups excluding tert-OH is 1. The second kappa shape index (κ2) is 10.5. The maximum Gasteiger partial charge on any atom is 0.416 e. The highest BCUT2D eigenvalue weighted by Gasteiger charge is 2.39. The Hall–Kier alpha value is -2.06. The second-order valence-electron chi connectivity index (χ2n) is 8.10. The largest absolute Gasteiger partial charge is 0.459 e. The van der Waals surface area contributed by atoms with E-state index < -0.39 is 18.0 Å². The monoisotopic (exact) mass is 441 g/mol. The van der Waals surface area contributed by atoms with E-state index in [2.05, 4.69) is 5.32 Å². The zero-order valence-electron chi connectivity index (χ0n) is 17.7. The molecule has 1 fully saturated rings. The van der Waals surface area contributed by atoms with Crippen molar-refractivity contribution in [2.75, 3.05) is 13.2 Å². The van der Waals surface area contributed by atoms with E-state index in [-0.39, 0.29) is 36.2 Å². The van der Waals surface area contributed by atoms with Gasteiger partial charge in [0.1, 0.15) is 0 Å². The first-order valence-electron chi connectivity index (χ1n) is 10.9. The molecule has 0 aromatic heterocycles. The summed E-state index contributed by atoms with van der Waals surface area (Å²) < 4.78 is 50.7. The Balaban J connectivity index is 1.91. The standard InChI is InChI=1S/C23H30F3NO4/c1-2-30-22-18(8-5-13-28)19(15-9-11-16(12-10-15)23(24,25)26)14-20(31-22)21(29)27-17-6-3-4-7-17/h9-12,14,17-19,22,28H,2-8,13H2,1H3,(H,27,29)/t18-,19-,22-/m0/s1. The summed E-state index contributed by atoms with van der Waals surface area (Å²) in [5.74, 6) is -0.806. The molecule has 0 saturated heterocycles. The van der Waals surface area contributed by atoms with E-state index in [1.54, 1.807) is 6.08 Å². The summed E-state index contributed by atoms with van der Waals surface area (Å²) in [6, 6.07) is 5.10. The molecule has 1 aliphatic heterocycles. The average molecular weight is 441 g/mol. The van der Waals surface area contributed by atoms with Crippen LogP contribution < -0.4 is 5.32 Å². The summed E-state index contributed by atoms with van der Waals surface area (Å²) in [5.41, 5.74) is -0.0742. The lowest BCUT2D eigenvalue weighted by Crippen LogP contribution is -2.41. The zero-order valence-corrected chi connectivity index (χ0v) is 17.7. The number of alkyl halides is 3. The van der Waals surface area contributed by atoms with Crippen molar-refractivity contribution in [1.29, 1.82) is 0 Å². The van der Waals surface area contributed by atoms with Crippen LogP contribution in [0.25, 0.3) is 0 Å². The summed E-state index contributed by atoms with van der Waals surface area (Å²) in [6.45, 7) is 2.15. The van der Waals surface area contributed by atoms with Gasteiger partial charge in [-0.05, 0) is 56.4 Å². The molecule has 0 unspecified atom stereocenters. The Bertz CT molecular complexity index is 757. The molecule has 1 heterocycles. The smallest absolute Gasteiger partial charge is 0.416 e. The van der Waals surface area contributed by atoms with E-state index in [4.69, 9.17) is 9.47 Å². The number of amides is 1. The number of halogens is 3. The van der Waals surface area contributed by atoms with Gasteiger partial charge in [0, 0.05) is 31.1 Å². The quantitative estimate of drug-likeness (QED) is 0.623. The lowest BCUT2D eigenvalue weighted by Gasteiger charge is -2.37. The van der Waals surface area contributed by atoms with Crippen LogP contribution in [-0.4, -0.2) is 36.6 Å². The van der Waals surface area contributed by atoms with Crippen molar-refractivity contribution in [3.63, 3.8) is 0 Å². The first-order valence-corrected chi connectivity index (χ1v) is 10.9. The summed E-state index contributed by atoms with van der Waals surface area (Å²) in [7, 11) is 0. The van der Waals surface area contributed by atoms with Gasteiger partial charge in [-0.1, -0.05) is 25.0 Å². The third-order valence-electron chi connectivity index (χ3n) is 5.95. The van der Waals surface area contributed by atoms with Gasteiger partial charge in [0.2, 0.25) is 6.29 Å². The van der Waals surface area contributed by atoms with Gasteiger partial charge < -0.3 is 19.9 Å². The number of carbonyl (C=O) groups excluding carboxylic acids is 1. The molecule has 0 bridgehead atoms. The van der Waals surface area contributed by atoms with E-state index in [1.165, 1.54) is 12.1 Å². The molecule has 172 valence electrons. The van der Waals surface area contributed by atoms with E-state index in [0.29, 0.717) is 25.0 Å². The zero-order chi connectivity index (χ0) is 22.4. The Kier molecular flexibility index (Phi) is 8.00. The van der Waals surface area contributed by atoms with E-state index in [0.717, 1.165) is 37.8 Å². The first kappa shape index (κ1) is 23.6. The lowest BCUT2D eigenvalue weighted by molar-refractivity contribution is -0.166.